The molecule has 1 aliphatic carbocycles. The van der Waals surface area contributed by atoms with E-state index in [0.29, 0.717) is 5.54 Å². The van der Waals surface area contributed by atoms with Crippen LogP contribution in [0.4, 0.5) is 0 Å². The molecule has 0 bridgehead atoms. The van der Waals surface area contributed by atoms with Crippen molar-refractivity contribution < 1.29 is 0 Å². The summed E-state index contributed by atoms with van der Waals surface area (Å²) < 4.78 is 0. The molecule has 0 radical (unpaired) electrons. The van der Waals surface area contributed by atoms with Gasteiger partial charge in [0, 0.05) is 24.7 Å². The fourth-order valence-corrected chi connectivity index (χ4v) is 2.82. The Hall–Kier alpha value is -0.120. The van der Waals surface area contributed by atoms with Gasteiger partial charge in [0.1, 0.15) is 0 Å². The standard InChI is InChI=1S/C11H23N3/c1-13(2)8-10-4-3-7-14(10)11(9-12)5-6-11/h10H,3-9,12H2,1-2H3. The van der Waals surface area contributed by atoms with Gasteiger partial charge in [-0.1, -0.05) is 0 Å². The zero-order valence-electron chi connectivity index (χ0n) is 9.50. The highest BCUT2D eigenvalue weighted by Gasteiger charge is 2.50. The Morgan fingerprint density at radius 2 is 2.14 bits per heavy atom. The lowest BCUT2D eigenvalue weighted by Crippen LogP contribution is -2.48. The number of likely N-dealkylation sites (tertiary alicyclic amines) is 1. The van der Waals surface area contributed by atoms with Crippen molar-refractivity contribution in [2.45, 2.75) is 37.3 Å². The minimum atomic E-state index is 0.414. The topological polar surface area (TPSA) is 32.5 Å². The fraction of sp³-hybridized carbons (Fsp3) is 1.00. The van der Waals surface area contributed by atoms with E-state index in [1.165, 1.54) is 38.8 Å². The van der Waals surface area contributed by atoms with Crippen LogP contribution in [0.3, 0.4) is 0 Å². The Balaban J connectivity index is 1.96. The van der Waals surface area contributed by atoms with Gasteiger partial charge in [-0.05, 0) is 46.3 Å². The summed E-state index contributed by atoms with van der Waals surface area (Å²) in [4.78, 5) is 4.99. The number of likely N-dealkylation sites (N-methyl/N-ethyl adjacent to an activating group) is 1. The summed E-state index contributed by atoms with van der Waals surface area (Å²) in [6.45, 7) is 3.33. The summed E-state index contributed by atoms with van der Waals surface area (Å²) in [6, 6.07) is 0.760. The van der Waals surface area contributed by atoms with Crippen LogP contribution >= 0.6 is 0 Å². The molecule has 2 rings (SSSR count). The third-order valence-electron chi connectivity index (χ3n) is 3.77. The SMILES string of the molecule is CN(C)CC1CCCN1C1(CN)CC1. The summed E-state index contributed by atoms with van der Waals surface area (Å²) in [5.74, 6) is 0. The number of rotatable bonds is 4. The van der Waals surface area contributed by atoms with E-state index in [4.69, 9.17) is 5.73 Å². The molecule has 0 aromatic heterocycles. The second-order valence-electron chi connectivity index (χ2n) is 5.18. The Bertz CT molecular complexity index is 199. The van der Waals surface area contributed by atoms with Crippen LogP contribution < -0.4 is 5.73 Å². The number of nitrogens with zero attached hydrogens (tertiary/aromatic N) is 2. The van der Waals surface area contributed by atoms with Gasteiger partial charge < -0.3 is 10.6 Å². The Morgan fingerprint density at radius 1 is 1.43 bits per heavy atom. The fourth-order valence-electron chi connectivity index (χ4n) is 2.82. The molecule has 3 heteroatoms. The van der Waals surface area contributed by atoms with Crippen LogP contribution in [0.5, 0.6) is 0 Å². The van der Waals surface area contributed by atoms with Crippen LogP contribution in [0.1, 0.15) is 25.7 Å². The van der Waals surface area contributed by atoms with E-state index < -0.39 is 0 Å². The first kappa shape index (κ1) is 10.4. The van der Waals surface area contributed by atoms with Gasteiger partial charge in [-0.3, -0.25) is 4.90 Å². The van der Waals surface area contributed by atoms with E-state index in [1.807, 2.05) is 0 Å². The van der Waals surface area contributed by atoms with Crippen LogP contribution in [0.15, 0.2) is 0 Å². The van der Waals surface area contributed by atoms with Gasteiger partial charge in [0.25, 0.3) is 0 Å². The highest BCUT2D eigenvalue weighted by atomic mass is 15.3. The van der Waals surface area contributed by atoms with Crippen LogP contribution in [0.25, 0.3) is 0 Å². The number of nitrogens with two attached hydrogens (primary N) is 1. The van der Waals surface area contributed by atoms with Crippen molar-refractivity contribution in [2.24, 2.45) is 5.73 Å². The average Bonchev–Trinajstić information content (AvgIpc) is 2.81. The minimum absolute atomic E-state index is 0.414. The van der Waals surface area contributed by atoms with E-state index in [0.717, 1.165) is 12.6 Å². The molecule has 1 saturated heterocycles. The zero-order valence-corrected chi connectivity index (χ0v) is 9.50. The summed E-state index contributed by atoms with van der Waals surface area (Å²) in [5, 5.41) is 0. The number of hydrogen-bond donors (Lipinski definition) is 1. The summed E-state index contributed by atoms with van der Waals surface area (Å²) in [6.07, 6.45) is 5.38. The van der Waals surface area contributed by atoms with Crippen molar-refractivity contribution in [1.82, 2.24) is 9.80 Å². The number of hydrogen-bond acceptors (Lipinski definition) is 3. The lowest BCUT2D eigenvalue weighted by Gasteiger charge is -2.34. The van der Waals surface area contributed by atoms with Crippen molar-refractivity contribution >= 4 is 0 Å². The summed E-state index contributed by atoms with van der Waals surface area (Å²) in [7, 11) is 4.33. The molecule has 1 saturated carbocycles. The molecule has 14 heavy (non-hydrogen) atoms. The Morgan fingerprint density at radius 3 is 2.64 bits per heavy atom. The molecular formula is C11H23N3. The maximum Gasteiger partial charge on any atom is 0.0336 e. The molecule has 1 aliphatic heterocycles. The molecule has 1 atom stereocenters. The molecule has 2 fully saturated rings. The normalized spacial score (nSPS) is 31.3. The smallest absolute Gasteiger partial charge is 0.0336 e. The largest absolute Gasteiger partial charge is 0.329 e. The molecule has 1 unspecified atom stereocenters. The quantitative estimate of drug-likeness (QED) is 0.712. The van der Waals surface area contributed by atoms with Crippen molar-refractivity contribution in [1.29, 1.82) is 0 Å². The van der Waals surface area contributed by atoms with Gasteiger partial charge in [-0.25, -0.2) is 0 Å². The van der Waals surface area contributed by atoms with Gasteiger partial charge in [0.05, 0.1) is 0 Å². The molecule has 0 spiro atoms. The molecule has 82 valence electrons. The average molecular weight is 197 g/mol. The van der Waals surface area contributed by atoms with Crippen LogP contribution in [-0.2, 0) is 0 Å². The van der Waals surface area contributed by atoms with E-state index >= 15 is 0 Å². The predicted molar refractivity (Wildman–Crippen MR) is 59.3 cm³/mol. The highest BCUT2D eigenvalue weighted by molar-refractivity contribution is 5.08. The Kier molecular flexibility index (Phi) is 2.82. The molecule has 2 aliphatic rings. The van der Waals surface area contributed by atoms with Gasteiger partial charge in [0.2, 0.25) is 0 Å². The second-order valence-corrected chi connectivity index (χ2v) is 5.18. The first-order valence-corrected chi connectivity index (χ1v) is 5.79. The summed E-state index contributed by atoms with van der Waals surface area (Å²) in [5.41, 5.74) is 6.30. The van der Waals surface area contributed by atoms with Crippen molar-refractivity contribution in [3.8, 4) is 0 Å². The molecule has 3 nitrogen and oxygen atoms in total. The third kappa shape index (κ3) is 1.81. The zero-order chi connectivity index (χ0) is 10.2. The lowest BCUT2D eigenvalue weighted by atomic mass is 10.1. The van der Waals surface area contributed by atoms with Crippen molar-refractivity contribution in [3.05, 3.63) is 0 Å². The van der Waals surface area contributed by atoms with Gasteiger partial charge in [-0.2, -0.15) is 0 Å². The minimum Gasteiger partial charge on any atom is -0.329 e. The van der Waals surface area contributed by atoms with E-state index in [1.54, 1.807) is 0 Å². The third-order valence-corrected chi connectivity index (χ3v) is 3.77. The second kappa shape index (κ2) is 3.80. The monoisotopic (exact) mass is 197 g/mol. The van der Waals surface area contributed by atoms with Crippen LogP contribution in [0.2, 0.25) is 0 Å². The van der Waals surface area contributed by atoms with Crippen LogP contribution in [-0.4, -0.2) is 55.1 Å². The first-order chi connectivity index (χ1) is 6.68. The maximum absolute atomic E-state index is 5.89. The maximum atomic E-state index is 5.89. The lowest BCUT2D eigenvalue weighted by molar-refractivity contribution is 0.140. The van der Waals surface area contributed by atoms with Gasteiger partial charge >= 0.3 is 0 Å². The van der Waals surface area contributed by atoms with Gasteiger partial charge in [-0.15, -0.1) is 0 Å². The predicted octanol–water partition coefficient (Wildman–Crippen LogP) is 0.504. The van der Waals surface area contributed by atoms with Crippen molar-refractivity contribution in [3.63, 3.8) is 0 Å². The molecule has 0 aromatic rings. The van der Waals surface area contributed by atoms with Crippen molar-refractivity contribution in [2.75, 3.05) is 33.7 Å². The van der Waals surface area contributed by atoms with E-state index in [2.05, 4.69) is 23.9 Å². The molecular weight excluding hydrogens is 174 g/mol. The summed E-state index contributed by atoms with van der Waals surface area (Å²) >= 11 is 0. The van der Waals surface area contributed by atoms with Crippen LogP contribution in [0, 0.1) is 0 Å². The Labute approximate surface area is 87.2 Å². The van der Waals surface area contributed by atoms with E-state index in [-0.39, 0.29) is 0 Å². The molecule has 1 heterocycles. The van der Waals surface area contributed by atoms with E-state index in [9.17, 15) is 0 Å². The highest BCUT2D eigenvalue weighted by Crippen LogP contribution is 2.44. The molecule has 2 N–H and O–H groups in total. The molecule has 0 aromatic carbocycles. The van der Waals surface area contributed by atoms with Gasteiger partial charge in [0.15, 0.2) is 0 Å². The first-order valence-electron chi connectivity index (χ1n) is 5.79. The molecule has 0 amide bonds.